The molecule has 16 heavy (non-hydrogen) atoms. The Morgan fingerprint density at radius 3 is 2.94 bits per heavy atom. The van der Waals surface area contributed by atoms with Crippen molar-refractivity contribution in [3.63, 3.8) is 0 Å². The van der Waals surface area contributed by atoms with E-state index in [1.165, 1.54) is 6.20 Å². The third-order valence-electron chi connectivity index (χ3n) is 2.44. The summed E-state index contributed by atoms with van der Waals surface area (Å²) in [6, 6.07) is 0. The standard InChI is InChI=1S/C10H15ClN4O/c11-9-7-12-8-10(14-9)13-1-2-15-3-5-16-6-4-15/h7-8H,1-6H2,(H,13,14). The van der Waals surface area contributed by atoms with Crippen LogP contribution in [-0.4, -0.2) is 54.3 Å². The molecule has 1 fully saturated rings. The Labute approximate surface area is 99.8 Å². The van der Waals surface area contributed by atoms with Crippen LogP contribution in [0.2, 0.25) is 5.15 Å². The highest BCUT2D eigenvalue weighted by Gasteiger charge is 2.09. The Bertz CT molecular complexity index is 330. The molecule has 0 bridgehead atoms. The Kier molecular flexibility index (Phi) is 4.33. The number of anilines is 1. The van der Waals surface area contributed by atoms with Crippen molar-refractivity contribution in [3.8, 4) is 0 Å². The molecule has 6 heteroatoms. The Morgan fingerprint density at radius 1 is 1.38 bits per heavy atom. The van der Waals surface area contributed by atoms with Crippen molar-refractivity contribution in [1.29, 1.82) is 0 Å². The number of aromatic nitrogens is 2. The van der Waals surface area contributed by atoms with E-state index in [1.54, 1.807) is 6.20 Å². The number of halogens is 1. The van der Waals surface area contributed by atoms with Gasteiger partial charge in [-0.3, -0.25) is 9.88 Å². The van der Waals surface area contributed by atoms with E-state index >= 15 is 0 Å². The van der Waals surface area contributed by atoms with Crippen LogP contribution >= 0.6 is 11.6 Å². The van der Waals surface area contributed by atoms with E-state index in [1.807, 2.05) is 0 Å². The molecule has 0 atom stereocenters. The second-order valence-corrected chi connectivity index (χ2v) is 4.00. The predicted octanol–water partition coefficient (Wildman–Crippen LogP) is 0.874. The van der Waals surface area contributed by atoms with Crippen molar-refractivity contribution >= 4 is 17.4 Å². The third-order valence-corrected chi connectivity index (χ3v) is 2.63. The number of ether oxygens (including phenoxy) is 1. The minimum absolute atomic E-state index is 0.413. The summed E-state index contributed by atoms with van der Waals surface area (Å²) in [6.45, 7) is 5.49. The first-order valence-electron chi connectivity index (χ1n) is 5.36. The van der Waals surface area contributed by atoms with Gasteiger partial charge in [-0.1, -0.05) is 11.6 Å². The largest absolute Gasteiger partial charge is 0.379 e. The van der Waals surface area contributed by atoms with Crippen LogP contribution in [0.5, 0.6) is 0 Å². The summed E-state index contributed by atoms with van der Waals surface area (Å²) < 4.78 is 5.28. The van der Waals surface area contributed by atoms with Gasteiger partial charge in [0.1, 0.15) is 11.0 Å². The summed E-state index contributed by atoms with van der Waals surface area (Å²) in [5.41, 5.74) is 0. The van der Waals surface area contributed by atoms with Crippen molar-refractivity contribution in [3.05, 3.63) is 17.5 Å². The predicted molar refractivity (Wildman–Crippen MR) is 62.8 cm³/mol. The van der Waals surface area contributed by atoms with Gasteiger partial charge in [-0.25, -0.2) is 4.98 Å². The van der Waals surface area contributed by atoms with Crippen molar-refractivity contribution in [2.75, 3.05) is 44.7 Å². The first kappa shape index (κ1) is 11.6. The number of rotatable bonds is 4. The number of morpholine rings is 1. The van der Waals surface area contributed by atoms with E-state index in [-0.39, 0.29) is 0 Å². The fraction of sp³-hybridized carbons (Fsp3) is 0.600. The fourth-order valence-electron chi connectivity index (χ4n) is 1.59. The van der Waals surface area contributed by atoms with E-state index in [0.29, 0.717) is 5.15 Å². The van der Waals surface area contributed by atoms with Gasteiger partial charge in [0.25, 0.3) is 0 Å². The van der Waals surface area contributed by atoms with E-state index in [4.69, 9.17) is 16.3 Å². The van der Waals surface area contributed by atoms with Crippen LogP contribution in [0.3, 0.4) is 0 Å². The van der Waals surface area contributed by atoms with Crippen molar-refractivity contribution in [1.82, 2.24) is 14.9 Å². The molecule has 0 radical (unpaired) electrons. The molecule has 2 heterocycles. The van der Waals surface area contributed by atoms with Crippen LogP contribution in [-0.2, 0) is 4.74 Å². The van der Waals surface area contributed by atoms with Crippen LogP contribution in [0.4, 0.5) is 5.82 Å². The lowest BCUT2D eigenvalue weighted by atomic mass is 10.4. The van der Waals surface area contributed by atoms with Gasteiger partial charge in [0, 0.05) is 26.2 Å². The molecule has 0 aromatic carbocycles. The summed E-state index contributed by atoms with van der Waals surface area (Å²) in [6.07, 6.45) is 3.19. The molecule has 1 aliphatic rings. The average Bonchev–Trinajstić information content (AvgIpc) is 2.30. The van der Waals surface area contributed by atoms with E-state index < -0.39 is 0 Å². The zero-order chi connectivity index (χ0) is 11.2. The monoisotopic (exact) mass is 242 g/mol. The van der Waals surface area contributed by atoms with Gasteiger partial charge < -0.3 is 10.1 Å². The SMILES string of the molecule is Clc1cncc(NCCN2CCOCC2)n1. The normalized spacial score (nSPS) is 17.3. The molecule has 1 saturated heterocycles. The second-order valence-electron chi connectivity index (χ2n) is 3.61. The van der Waals surface area contributed by atoms with Gasteiger partial charge in [0.15, 0.2) is 0 Å². The summed E-state index contributed by atoms with van der Waals surface area (Å²) in [7, 11) is 0. The topological polar surface area (TPSA) is 50.3 Å². The number of hydrogen-bond donors (Lipinski definition) is 1. The lowest BCUT2D eigenvalue weighted by molar-refractivity contribution is 0.0398. The first-order chi connectivity index (χ1) is 7.84. The highest BCUT2D eigenvalue weighted by Crippen LogP contribution is 2.06. The number of nitrogens with one attached hydrogen (secondary N) is 1. The minimum atomic E-state index is 0.413. The van der Waals surface area contributed by atoms with Gasteiger partial charge in [0.05, 0.1) is 25.6 Å². The fourth-order valence-corrected chi connectivity index (χ4v) is 1.74. The maximum absolute atomic E-state index is 5.73. The van der Waals surface area contributed by atoms with Crippen molar-refractivity contribution < 1.29 is 4.74 Å². The second kappa shape index (κ2) is 5.98. The highest BCUT2D eigenvalue weighted by molar-refractivity contribution is 6.29. The molecule has 0 aliphatic carbocycles. The van der Waals surface area contributed by atoms with Gasteiger partial charge in [-0.15, -0.1) is 0 Å². The molecule has 5 nitrogen and oxygen atoms in total. The van der Waals surface area contributed by atoms with Crippen LogP contribution in [0.25, 0.3) is 0 Å². The quantitative estimate of drug-likeness (QED) is 0.849. The summed E-state index contributed by atoms with van der Waals surface area (Å²) in [5, 5.41) is 3.61. The molecular formula is C10H15ClN4O. The molecule has 1 aliphatic heterocycles. The van der Waals surface area contributed by atoms with Crippen LogP contribution in [0.15, 0.2) is 12.4 Å². The highest BCUT2D eigenvalue weighted by atomic mass is 35.5. The van der Waals surface area contributed by atoms with Crippen molar-refractivity contribution in [2.45, 2.75) is 0 Å². The van der Waals surface area contributed by atoms with Crippen LogP contribution in [0, 0.1) is 0 Å². The zero-order valence-electron chi connectivity index (χ0n) is 9.03. The van der Waals surface area contributed by atoms with Crippen molar-refractivity contribution in [2.24, 2.45) is 0 Å². The molecule has 0 saturated carbocycles. The zero-order valence-corrected chi connectivity index (χ0v) is 9.78. The summed E-state index contributed by atoms with van der Waals surface area (Å²) in [4.78, 5) is 10.4. The molecule has 1 aromatic rings. The maximum atomic E-state index is 5.73. The summed E-state index contributed by atoms with van der Waals surface area (Å²) in [5.74, 6) is 0.723. The number of nitrogens with zero attached hydrogens (tertiary/aromatic N) is 3. The molecule has 0 amide bonds. The lowest BCUT2D eigenvalue weighted by Gasteiger charge is -2.26. The van der Waals surface area contributed by atoms with Gasteiger partial charge >= 0.3 is 0 Å². The molecule has 0 unspecified atom stereocenters. The van der Waals surface area contributed by atoms with E-state index in [0.717, 1.165) is 45.2 Å². The van der Waals surface area contributed by atoms with Gasteiger partial charge in [0.2, 0.25) is 0 Å². The maximum Gasteiger partial charge on any atom is 0.149 e. The van der Waals surface area contributed by atoms with Gasteiger partial charge in [-0.2, -0.15) is 0 Å². The molecular weight excluding hydrogens is 228 g/mol. The van der Waals surface area contributed by atoms with Crippen LogP contribution in [0.1, 0.15) is 0 Å². The lowest BCUT2D eigenvalue weighted by Crippen LogP contribution is -2.39. The molecule has 0 spiro atoms. The number of hydrogen-bond acceptors (Lipinski definition) is 5. The van der Waals surface area contributed by atoms with Gasteiger partial charge in [-0.05, 0) is 0 Å². The third kappa shape index (κ3) is 3.59. The molecule has 2 rings (SSSR count). The molecule has 88 valence electrons. The first-order valence-corrected chi connectivity index (χ1v) is 5.74. The Balaban J connectivity index is 1.71. The van der Waals surface area contributed by atoms with Crippen LogP contribution < -0.4 is 5.32 Å². The summed E-state index contributed by atoms with van der Waals surface area (Å²) >= 11 is 5.73. The minimum Gasteiger partial charge on any atom is -0.379 e. The Hall–Kier alpha value is -0.910. The van der Waals surface area contributed by atoms with E-state index in [9.17, 15) is 0 Å². The van der Waals surface area contributed by atoms with E-state index in [2.05, 4.69) is 20.2 Å². The molecule has 1 N–H and O–H groups in total. The Morgan fingerprint density at radius 2 is 2.19 bits per heavy atom. The molecule has 1 aromatic heterocycles. The average molecular weight is 243 g/mol. The smallest absolute Gasteiger partial charge is 0.149 e.